The van der Waals surface area contributed by atoms with Gasteiger partial charge in [-0.05, 0) is 28.7 Å². The van der Waals surface area contributed by atoms with Gasteiger partial charge in [0.15, 0.2) is 0 Å². The summed E-state index contributed by atoms with van der Waals surface area (Å²) in [5.74, 6) is 0.770. The molecule has 0 aliphatic rings. The molecule has 0 aliphatic carbocycles. The zero-order chi connectivity index (χ0) is 6.69. The molecule has 0 bridgehead atoms. The molecule has 0 spiro atoms. The van der Waals surface area contributed by atoms with Crippen molar-refractivity contribution in [3.8, 4) is 5.75 Å². The minimum atomic E-state index is 0.770. The first kappa shape index (κ1) is 7.22. The van der Waals surface area contributed by atoms with Crippen LogP contribution in [0.3, 0.4) is 0 Å². The van der Waals surface area contributed by atoms with Crippen molar-refractivity contribution >= 4 is 32.1 Å². The average Bonchev–Trinajstić information content (AvgIpc) is 1.88. The summed E-state index contributed by atoms with van der Waals surface area (Å²) >= 11 is 2.18. The number of rotatable bonds is 1. The van der Waals surface area contributed by atoms with Crippen LogP contribution < -0.4 is 4.52 Å². The summed E-state index contributed by atoms with van der Waals surface area (Å²) in [6.45, 7) is 0. The molecule has 0 fully saturated rings. The second-order valence-corrected chi connectivity index (χ2v) is 2.94. The van der Waals surface area contributed by atoms with E-state index >= 15 is 0 Å². The standard InChI is InChI=1S/C5H5INOP/c6-4-1-5(8-9)3-7-2-4/h1-3H,9H2. The van der Waals surface area contributed by atoms with Gasteiger partial charge in [-0.3, -0.25) is 4.98 Å². The summed E-state index contributed by atoms with van der Waals surface area (Å²) < 4.78 is 5.92. The van der Waals surface area contributed by atoms with Gasteiger partial charge in [0.2, 0.25) is 0 Å². The molecule has 1 heterocycles. The average molecular weight is 253 g/mol. The van der Waals surface area contributed by atoms with Crippen LogP contribution in [0.2, 0.25) is 0 Å². The van der Waals surface area contributed by atoms with Crippen LogP contribution in [0.25, 0.3) is 0 Å². The van der Waals surface area contributed by atoms with E-state index in [0.29, 0.717) is 0 Å². The van der Waals surface area contributed by atoms with E-state index < -0.39 is 0 Å². The maximum atomic E-state index is 4.84. The van der Waals surface area contributed by atoms with Gasteiger partial charge in [-0.25, -0.2) is 0 Å². The second-order valence-electron chi connectivity index (χ2n) is 1.46. The topological polar surface area (TPSA) is 22.1 Å². The zero-order valence-electron chi connectivity index (χ0n) is 4.54. The second kappa shape index (κ2) is 3.32. The Labute approximate surface area is 69.4 Å². The smallest absolute Gasteiger partial charge is 0.141 e. The molecule has 4 heteroatoms. The highest BCUT2D eigenvalue weighted by Gasteiger charge is 1.89. The molecule has 2 nitrogen and oxygen atoms in total. The lowest BCUT2D eigenvalue weighted by Crippen LogP contribution is -1.77. The Hall–Kier alpha value is 0.110. The molecule has 1 atom stereocenters. The van der Waals surface area contributed by atoms with Crippen LogP contribution in [0.1, 0.15) is 0 Å². The van der Waals surface area contributed by atoms with E-state index in [9.17, 15) is 0 Å². The third kappa shape index (κ3) is 2.06. The first-order valence-electron chi connectivity index (χ1n) is 2.30. The van der Waals surface area contributed by atoms with E-state index in [1.807, 2.05) is 6.07 Å². The summed E-state index contributed by atoms with van der Waals surface area (Å²) in [6, 6.07) is 1.90. The van der Waals surface area contributed by atoms with Gasteiger partial charge in [0, 0.05) is 9.77 Å². The number of hydrogen-bond donors (Lipinski definition) is 0. The molecule has 1 aromatic rings. The van der Waals surface area contributed by atoms with E-state index in [2.05, 4.69) is 37.0 Å². The fraction of sp³-hybridized carbons (Fsp3) is 0. The van der Waals surface area contributed by atoms with Crippen molar-refractivity contribution in [3.05, 3.63) is 22.0 Å². The van der Waals surface area contributed by atoms with Crippen molar-refractivity contribution in [1.29, 1.82) is 0 Å². The van der Waals surface area contributed by atoms with Crippen LogP contribution in [-0.2, 0) is 0 Å². The van der Waals surface area contributed by atoms with Crippen molar-refractivity contribution in [2.24, 2.45) is 0 Å². The molecule has 48 valence electrons. The Morgan fingerprint density at radius 1 is 1.56 bits per heavy atom. The molecule has 0 saturated carbocycles. The quantitative estimate of drug-likeness (QED) is 0.562. The van der Waals surface area contributed by atoms with Crippen LogP contribution in [0.15, 0.2) is 18.5 Å². The summed E-state index contributed by atoms with van der Waals surface area (Å²) in [6.07, 6.45) is 3.43. The van der Waals surface area contributed by atoms with Crippen LogP contribution in [0.5, 0.6) is 5.75 Å². The van der Waals surface area contributed by atoms with Crippen molar-refractivity contribution < 1.29 is 4.52 Å². The Kier molecular flexibility index (Phi) is 2.66. The molecule has 0 N–H and O–H groups in total. The number of halogens is 1. The van der Waals surface area contributed by atoms with Gasteiger partial charge >= 0.3 is 0 Å². The predicted molar refractivity (Wildman–Crippen MR) is 47.3 cm³/mol. The van der Waals surface area contributed by atoms with Gasteiger partial charge in [0.1, 0.15) is 5.75 Å². The van der Waals surface area contributed by atoms with Crippen LogP contribution in [0, 0.1) is 3.57 Å². The van der Waals surface area contributed by atoms with Gasteiger partial charge in [0.25, 0.3) is 0 Å². The van der Waals surface area contributed by atoms with Crippen LogP contribution in [-0.4, -0.2) is 4.98 Å². The van der Waals surface area contributed by atoms with Gasteiger partial charge in [-0.15, -0.1) is 0 Å². The summed E-state index contributed by atoms with van der Waals surface area (Å²) in [5, 5.41) is 0. The Balaban J connectivity index is 2.94. The van der Waals surface area contributed by atoms with Gasteiger partial charge in [-0.1, -0.05) is 0 Å². The fourth-order valence-corrected chi connectivity index (χ4v) is 1.05. The van der Waals surface area contributed by atoms with Crippen molar-refractivity contribution in [1.82, 2.24) is 4.98 Å². The van der Waals surface area contributed by atoms with E-state index in [0.717, 1.165) is 9.32 Å². The SMILES string of the molecule is POc1cncc(I)c1. The molecule has 1 aromatic heterocycles. The van der Waals surface area contributed by atoms with E-state index in [4.69, 9.17) is 4.52 Å². The Morgan fingerprint density at radius 2 is 2.33 bits per heavy atom. The predicted octanol–water partition coefficient (Wildman–Crippen LogP) is 1.86. The largest absolute Gasteiger partial charge is 0.479 e. The number of aromatic nitrogens is 1. The minimum Gasteiger partial charge on any atom is -0.479 e. The number of pyridine rings is 1. The van der Waals surface area contributed by atoms with Crippen molar-refractivity contribution in [2.75, 3.05) is 0 Å². The first-order chi connectivity index (χ1) is 4.33. The van der Waals surface area contributed by atoms with Crippen molar-refractivity contribution in [2.45, 2.75) is 0 Å². The van der Waals surface area contributed by atoms with Crippen LogP contribution >= 0.6 is 32.1 Å². The summed E-state index contributed by atoms with van der Waals surface area (Å²) in [4.78, 5) is 3.91. The first-order valence-corrected chi connectivity index (χ1v) is 3.85. The molecule has 9 heavy (non-hydrogen) atoms. The highest BCUT2D eigenvalue weighted by Crippen LogP contribution is 2.13. The fourth-order valence-electron chi connectivity index (χ4n) is 0.457. The van der Waals surface area contributed by atoms with Crippen LogP contribution in [0.4, 0.5) is 0 Å². The van der Waals surface area contributed by atoms with Gasteiger partial charge < -0.3 is 4.52 Å². The number of hydrogen-bond acceptors (Lipinski definition) is 2. The molecule has 0 aliphatic heterocycles. The van der Waals surface area contributed by atoms with Crippen molar-refractivity contribution in [3.63, 3.8) is 0 Å². The number of nitrogens with zero attached hydrogens (tertiary/aromatic N) is 1. The zero-order valence-corrected chi connectivity index (χ0v) is 7.86. The van der Waals surface area contributed by atoms with E-state index in [-0.39, 0.29) is 0 Å². The third-order valence-electron chi connectivity index (χ3n) is 0.816. The maximum Gasteiger partial charge on any atom is 0.141 e. The third-order valence-corrected chi connectivity index (χ3v) is 1.68. The molecular formula is C5H5INOP. The molecular weight excluding hydrogens is 248 g/mol. The molecule has 1 unspecified atom stereocenters. The maximum absolute atomic E-state index is 4.84. The molecule has 0 radical (unpaired) electrons. The lowest BCUT2D eigenvalue weighted by molar-refractivity contribution is 0.641. The molecule has 0 amide bonds. The van der Waals surface area contributed by atoms with E-state index in [1.54, 1.807) is 12.4 Å². The lowest BCUT2D eigenvalue weighted by Gasteiger charge is -1.95. The molecule has 0 aromatic carbocycles. The highest BCUT2D eigenvalue weighted by atomic mass is 127. The lowest BCUT2D eigenvalue weighted by atomic mass is 10.5. The Morgan fingerprint density at radius 3 is 2.78 bits per heavy atom. The van der Waals surface area contributed by atoms with E-state index in [1.165, 1.54) is 0 Å². The molecule has 0 saturated heterocycles. The Bertz CT molecular complexity index is 206. The highest BCUT2D eigenvalue weighted by molar-refractivity contribution is 14.1. The van der Waals surface area contributed by atoms with Gasteiger partial charge in [-0.2, -0.15) is 0 Å². The van der Waals surface area contributed by atoms with Gasteiger partial charge in [0.05, 0.1) is 15.7 Å². The normalized spacial score (nSPS) is 9.11. The summed E-state index contributed by atoms with van der Waals surface area (Å²) in [5.41, 5.74) is 0. The molecule has 1 rings (SSSR count). The summed E-state index contributed by atoms with van der Waals surface area (Å²) in [7, 11) is 2.17. The monoisotopic (exact) mass is 253 g/mol. The minimum absolute atomic E-state index is 0.770.